The molecule has 1 aromatic rings. The van der Waals surface area contributed by atoms with Crippen LogP contribution in [0.5, 0.6) is 0 Å². The van der Waals surface area contributed by atoms with Crippen LogP contribution in [0, 0.1) is 5.41 Å². The van der Waals surface area contributed by atoms with Crippen molar-refractivity contribution in [3.05, 3.63) is 17.0 Å². The number of hydrogen-bond acceptors (Lipinski definition) is 4. The summed E-state index contributed by atoms with van der Waals surface area (Å²) in [5.74, 6) is -0.663. The molecular weight excluding hydrogens is 284 g/mol. The number of aromatic carboxylic acids is 1. The molecule has 1 N–H and O–H groups in total. The normalized spacial score (nSPS) is 28.4. The Kier molecular flexibility index (Phi) is 4.23. The first-order valence-corrected chi connectivity index (χ1v) is 7.93. The van der Waals surface area contributed by atoms with Crippen LogP contribution in [-0.4, -0.2) is 41.2 Å². The van der Waals surface area contributed by atoms with Gasteiger partial charge in [-0.15, -0.1) is 0 Å². The Hall–Kier alpha value is -1.40. The molecule has 0 spiro atoms. The molecule has 6 nitrogen and oxygen atoms in total. The lowest BCUT2D eigenvalue weighted by atomic mass is 9.70. The third kappa shape index (κ3) is 2.77. The summed E-state index contributed by atoms with van der Waals surface area (Å²) in [6, 6.07) is 0. The Balaban J connectivity index is 1.86. The summed E-state index contributed by atoms with van der Waals surface area (Å²) in [7, 11) is 1.74. The lowest BCUT2D eigenvalue weighted by Gasteiger charge is -2.37. The summed E-state index contributed by atoms with van der Waals surface area (Å²) in [5, 5.41) is 13.8. The first kappa shape index (κ1) is 15.5. The highest BCUT2D eigenvalue weighted by atomic mass is 16.5. The molecule has 2 heterocycles. The van der Waals surface area contributed by atoms with E-state index in [1.165, 1.54) is 0 Å². The number of ether oxygens (including phenoxy) is 2. The minimum Gasteiger partial charge on any atom is -0.476 e. The maximum absolute atomic E-state index is 11.6. The van der Waals surface area contributed by atoms with Crippen LogP contribution in [0.3, 0.4) is 0 Å². The lowest BCUT2D eigenvalue weighted by molar-refractivity contribution is 0.0564. The second kappa shape index (κ2) is 6.01. The van der Waals surface area contributed by atoms with Crippen LogP contribution in [0.15, 0.2) is 0 Å². The average molecular weight is 308 g/mol. The Bertz CT molecular complexity index is 559. The maximum Gasteiger partial charge on any atom is 0.356 e. The third-order valence-electron chi connectivity index (χ3n) is 5.08. The molecule has 2 aliphatic rings. The van der Waals surface area contributed by atoms with Crippen molar-refractivity contribution in [2.24, 2.45) is 5.41 Å². The molecule has 1 aliphatic carbocycles. The quantitative estimate of drug-likeness (QED) is 0.924. The molecule has 1 aromatic heterocycles. The van der Waals surface area contributed by atoms with Gasteiger partial charge in [-0.05, 0) is 37.0 Å². The van der Waals surface area contributed by atoms with E-state index >= 15 is 0 Å². The van der Waals surface area contributed by atoms with Crippen molar-refractivity contribution in [3.8, 4) is 0 Å². The van der Waals surface area contributed by atoms with Crippen LogP contribution in [0.4, 0.5) is 0 Å². The molecule has 0 unspecified atom stereocenters. The number of nitrogens with zero attached hydrogens (tertiary/aromatic N) is 2. The van der Waals surface area contributed by atoms with Crippen molar-refractivity contribution in [1.82, 2.24) is 9.78 Å². The van der Waals surface area contributed by atoms with Crippen molar-refractivity contribution in [1.29, 1.82) is 0 Å². The summed E-state index contributed by atoms with van der Waals surface area (Å²) in [6.07, 6.45) is 4.07. The van der Waals surface area contributed by atoms with Gasteiger partial charge in [-0.25, -0.2) is 4.79 Å². The van der Waals surface area contributed by atoms with E-state index in [0.29, 0.717) is 19.8 Å². The Morgan fingerprint density at radius 3 is 2.86 bits per heavy atom. The number of carboxylic acids is 1. The largest absolute Gasteiger partial charge is 0.476 e. The summed E-state index contributed by atoms with van der Waals surface area (Å²) >= 11 is 0. The average Bonchev–Trinajstić information content (AvgIpc) is 2.88. The van der Waals surface area contributed by atoms with Gasteiger partial charge in [0.15, 0.2) is 5.69 Å². The van der Waals surface area contributed by atoms with Crippen molar-refractivity contribution in [3.63, 3.8) is 0 Å². The number of hydrogen-bond donors (Lipinski definition) is 1. The Morgan fingerprint density at radius 2 is 2.23 bits per heavy atom. The van der Waals surface area contributed by atoms with E-state index in [4.69, 9.17) is 9.47 Å². The van der Waals surface area contributed by atoms with Crippen LogP contribution in [0.2, 0.25) is 0 Å². The third-order valence-corrected chi connectivity index (χ3v) is 5.08. The predicted molar refractivity (Wildman–Crippen MR) is 80.0 cm³/mol. The lowest BCUT2D eigenvalue weighted by Crippen LogP contribution is -2.29. The molecular formula is C16H24N2O4. The highest BCUT2D eigenvalue weighted by molar-refractivity contribution is 5.87. The zero-order valence-electron chi connectivity index (χ0n) is 13.3. The van der Waals surface area contributed by atoms with E-state index in [1.807, 2.05) is 4.68 Å². The number of rotatable bonds is 4. The van der Waals surface area contributed by atoms with Gasteiger partial charge in [0.1, 0.15) is 0 Å². The van der Waals surface area contributed by atoms with Gasteiger partial charge in [-0.2, -0.15) is 5.10 Å². The summed E-state index contributed by atoms with van der Waals surface area (Å²) in [6.45, 7) is 4.73. The minimum absolute atomic E-state index is 0.207. The molecule has 0 amide bonds. The van der Waals surface area contributed by atoms with Gasteiger partial charge in [0, 0.05) is 12.7 Å². The van der Waals surface area contributed by atoms with Gasteiger partial charge in [-0.3, -0.25) is 4.68 Å². The second-order valence-corrected chi connectivity index (χ2v) is 6.81. The minimum atomic E-state index is -0.929. The van der Waals surface area contributed by atoms with Crippen LogP contribution in [-0.2, 0) is 22.6 Å². The SMILES string of the molecule is COC[C@]1(C)CC[C@@H](c2c(C(=O)O)nn3c2COCC3)CC1. The fourth-order valence-electron chi connectivity index (χ4n) is 3.85. The van der Waals surface area contributed by atoms with Crippen LogP contribution in [0.1, 0.15) is 60.3 Å². The fourth-order valence-corrected chi connectivity index (χ4v) is 3.85. The van der Waals surface area contributed by atoms with Crippen LogP contribution < -0.4 is 0 Å². The standard InChI is InChI=1S/C16H24N2O4/c1-16(10-21-2)5-3-11(4-6-16)13-12-9-22-8-7-18(12)17-14(13)15(19)20/h11H,3-10H2,1-2H3,(H,19,20)/t11-,16-. The van der Waals surface area contributed by atoms with Crippen LogP contribution in [0.25, 0.3) is 0 Å². The van der Waals surface area contributed by atoms with Crippen LogP contribution >= 0.6 is 0 Å². The molecule has 0 saturated heterocycles. The fraction of sp³-hybridized carbons (Fsp3) is 0.750. The van der Waals surface area contributed by atoms with Gasteiger partial charge in [-0.1, -0.05) is 6.92 Å². The molecule has 0 bridgehead atoms. The zero-order valence-corrected chi connectivity index (χ0v) is 13.3. The first-order valence-electron chi connectivity index (χ1n) is 7.93. The van der Waals surface area contributed by atoms with Crippen molar-refractivity contribution >= 4 is 5.97 Å². The molecule has 0 atom stereocenters. The molecule has 122 valence electrons. The van der Waals surface area contributed by atoms with Gasteiger partial charge in [0.05, 0.1) is 32.1 Å². The highest BCUT2D eigenvalue weighted by Crippen LogP contribution is 2.44. The molecule has 3 rings (SSSR count). The number of carbonyl (C=O) groups is 1. The Labute approximate surface area is 130 Å². The van der Waals surface area contributed by atoms with E-state index < -0.39 is 5.97 Å². The number of methoxy groups -OCH3 is 1. The summed E-state index contributed by atoms with van der Waals surface area (Å²) < 4.78 is 12.7. The van der Waals surface area contributed by atoms with E-state index in [0.717, 1.165) is 43.5 Å². The monoisotopic (exact) mass is 308 g/mol. The highest BCUT2D eigenvalue weighted by Gasteiger charge is 2.36. The molecule has 22 heavy (non-hydrogen) atoms. The summed E-state index contributed by atoms with van der Waals surface area (Å²) in [5.41, 5.74) is 2.30. The summed E-state index contributed by atoms with van der Waals surface area (Å²) in [4.78, 5) is 11.6. The number of carboxylic acid groups (broad SMARTS) is 1. The molecule has 1 saturated carbocycles. The molecule has 1 fully saturated rings. The van der Waals surface area contributed by atoms with E-state index in [1.54, 1.807) is 7.11 Å². The van der Waals surface area contributed by atoms with Gasteiger partial charge < -0.3 is 14.6 Å². The van der Waals surface area contributed by atoms with Gasteiger partial charge in [0.25, 0.3) is 0 Å². The van der Waals surface area contributed by atoms with E-state index in [-0.39, 0.29) is 17.0 Å². The predicted octanol–water partition coefficient (Wildman–Crippen LogP) is 2.42. The van der Waals surface area contributed by atoms with Crippen molar-refractivity contribution in [2.45, 2.75) is 51.7 Å². The first-order chi connectivity index (χ1) is 10.5. The Morgan fingerprint density at radius 1 is 1.50 bits per heavy atom. The van der Waals surface area contributed by atoms with Crippen molar-refractivity contribution < 1.29 is 19.4 Å². The number of fused-ring (bicyclic) bond motifs is 1. The van der Waals surface area contributed by atoms with E-state index in [2.05, 4.69) is 12.0 Å². The van der Waals surface area contributed by atoms with E-state index in [9.17, 15) is 9.90 Å². The van der Waals surface area contributed by atoms with Gasteiger partial charge in [0.2, 0.25) is 0 Å². The molecule has 0 radical (unpaired) electrons. The molecule has 1 aliphatic heterocycles. The van der Waals surface area contributed by atoms with Crippen molar-refractivity contribution in [2.75, 3.05) is 20.3 Å². The maximum atomic E-state index is 11.6. The smallest absolute Gasteiger partial charge is 0.356 e. The second-order valence-electron chi connectivity index (χ2n) is 6.81. The number of aromatic nitrogens is 2. The molecule has 6 heteroatoms. The zero-order chi connectivity index (χ0) is 15.7. The van der Waals surface area contributed by atoms with Gasteiger partial charge >= 0.3 is 5.97 Å². The topological polar surface area (TPSA) is 73.6 Å². The molecule has 0 aromatic carbocycles.